The summed E-state index contributed by atoms with van der Waals surface area (Å²) in [6.07, 6.45) is 6.22. The highest BCUT2D eigenvalue weighted by molar-refractivity contribution is 6.33. The van der Waals surface area contributed by atoms with Crippen LogP contribution in [0.25, 0.3) is 0 Å². The molecule has 1 heterocycles. The normalized spacial score (nSPS) is 18.7. The van der Waals surface area contributed by atoms with Crippen LogP contribution >= 0.6 is 0 Å². The molecule has 4 nitrogen and oxygen atoms in total. The van der Waals surface area contributed by atoms with Crippen molar-refractivity contribution in [3.8, 4) is 0 Å². The lowest BCUT2D eigenvalue weighted by Crippen LogP contribution is -2.30. The van der Waals surface area contributed by atoms with Crippen LogP contribution in [0.2, 0.25) is 0 Å². The molecule has 1 saturated carbocycles. The summed E-state index contributed by atoms with van der Waals surface area (Å²) in [7, 11) is 0. The SMILES string of the molecule is O=C1c2ccccc2C2=NCNc3ccc(NC4CCCCC4)c1c32. The summed E-state index contributed by atoms with van der Waals surface area (Å²) in [6, 6.07) is 12.4. The van der Waals surface area contributed by atoms with Crippen molar-refractivity contribution in [2.45, 2.75) is 38.1 Å². The van der Waals surface area contributed by atoms with Crippen LogP contribution in [0.3, 0.4) is 0 Å². The molecule has 0 atom stereocenters. The van der Waals surface area contributed by atoms with E-state index < -0.39 is 0 Å². The zero-order valence-electron chi connectivity index (χ0n) is 14.1. The highest BCUT2D eigenvalue weighted by atomic mass is 16.1. The molecule has 2 N–H and O–H groups in total. The van der Waals surface area contributed by atoms with Gasteiger partial charge in [-0.05, 0) is 25.0 Å². The molecule has 5 rings (SSSR count). The summed E-state index contributed by atoms with van der Waals surface area (Å²) in [5.41, 5.74) is 6.39. The molecule has 0 spiro atoms. The van der Waals surface area contributed by atoms with E-state index in [0.29, 0.717) is 12.7 Å². The van der Waals surface area contributed by atoms with Crippen molar-refractivity contribution < 1.29 is 4.79 Å². The number of fused-ring (bicyclic) bond motifs is 2. The fourth-order valence-corrected chi connectivity index (χ4v) is 4.34. The molecule has 4 heteroatoms. The van der Waals surface area contributed by atoms with E-state index in [4.69, 9.17) is 4.99 Å². The summed E-state index contributed by atoms with van der Waals surface area (Å²) in [4.78, 5) is 18.0. The number of nitrogens with one attached hydrogen (secondary N) is 2. The van der Waals surface area contributed by atoms with Gasteiger partial charge in [-0.15, -0.1) is 0 Å². The Morgan fingerprint density at radius 2 is 1.76 bits per heavy atom. The van der Waals surface area contributed by atoms with Gasteiger partial charge in [-0.1, -0.05) is 43.5 Å². The van der Waals surface area contributed by atoms with Crippen molar-refractivity contribution in [3.05, 3.63) is 58.7 Å². The van der Waals surface area contributed by atoms with Gasteiger partial charge in [0.25, 0.3) is 0 Å². The van der Waals surface area contributed by atoms with Gasteiger partial charge in [-0.2, -0.15) is 0 Å². The molecule has 1 fully saturated rings. The Labute approximate surface area is 147 Å². The molecule has 0 amide bonds. The number of anilines is 2. The average molecular weight is 331 g/mol. The third kappa shape index (κ3) is 2.28. The predicted molar refractivity (Wildman–Crippen MR) is 101 cm³/mol. The van der Waals surface area contributed by atoms with Crippen LogP contribution in [-0.4, -0.2) is 24.2 Å². The third-order valence-corrected chi connectivity index (χ3v) is 5.57. The largest absolute Gasteiger partial charge is 0.382 e. The number of carbonyl (C=O) groups excluding carboxylic acids is 1. The van der Waals surface area contributed by atoms with Crippen molar-refractivity contribution >= 4 is 22.9 Å². The van der Waals surface area contributed by atoms with Gasteiger partial charge in [0.2, 0.25) is 0 Å². The lowest BCUT2D eigenvalue weighted by atomic mass is 9.81. The quantitative estimate of drug-likeness (QED) is 0.740. The molecule has 0 bridgehead atoms. The second-order valence-corrected chi connectivity index (χ2v) is 7.11. The Morgan fingerprint density at radius 3 is 2.60 bits per heavy atom. The molecular formula is C21H21N3O. The first-order chi connectivity index (χ1) is 12.3. The second-order valence-electron chi connectivity index (χ2n) is 7.11. The monoisotopic (exact) mass is 331 g/mol. The van der Waals surface area contributed by atoms with E-state index >= 15 is 0 Å². The van der Waals surface area contributed by atoms with E-state index in [-0.39, 0.29) is 5.78 Å². The smallest absolute Gasteiger partial charge is 0.196 e. The first-order valence-corrected chi connectivity index (χ1v) is 9.19. The van der Waals surface area contributed by atoms with E-state index in [1.807, 2.05) is 24.3 Å². The summed E-state index contributed by atoms with van der Waals surface area (Å²) in [5, 5.41) is 6.98. The van der Waals surface area contributed by atoms with Gasteiger partial charge in [-0.25, -0.2) is 0 Å². The minimum atomic E-state index is 0.105. The Kier molecular flexibility index (Phi) is 3.37. The number of nitrogens with zero attached hydrogens (tertiary/aromatic N) is 1. The fourth-order valence-electron chi connectivity index (χ4n) is 4.34. The average Bonchev–Trinajstić information content (AvgIpc) is 2.67. The van der Waals surface area contributed by atoms with Gasteiger partial charge in [0.15, 0.2) is 5.78 Å². The summed E-state index contributed by atoms with van der Waals surface area (Å²) in [5.74, 6) is 0.105. The van der Waals surface area contributed by atoms with E-state index in [0.717, 1.165) is 39.3 Å². The molecule has 3 aliphatic rings. The maximum atomic E-state index is 13.3. The lowest BCUT2D eigenvalue weighted by Gasteiger charge is -2.31. The number of rotatable bonds is 2. The molecule has 0 unspecified atom stereocenters. The molecule has 2 aliphatic carbocycles. The molecular weight excluding hydrogens is 310 g/mol. The van der Waals surface area contributed by atoms with Crippen molar-refractivity contribution in [2.75, 3.05) is 17.3 Å². The van der Waals surface area contributed by atoms with Gasteiger partial charge in [0.1, 0.15) is 6.67 Å². The zero-order valence-corrected chi connectivity index (χ0v) is 14.1. The molecule has 2 aromatic carbocycles. The van der Waals surface area contributed by atoms with Crippen LogP contribution in [0.15, 0.2) is 41.4 Å². The van der Waals surface area contributed by atoms with E-state index in [1.54, 1.807) is 0 Å². The molecule has 1 aliphatic heterocycles. The predicted octanol–water partition coefficient (Wildman–Crippen LogP) is 4.20. The molecule has 0 saturated heterocycles. The van der Waals surface area contributed by atoms with Crippen molar-refractivity contribution in [1.82, 2.24) is 0 Å². The number of hydrogen-bond donors (Lipinski definition) is 2. The van der Waals surface area contributed by atoms with Crippen LogP contribution in [0.4, 0.5) is 11.4 Å². The molecule has 0 aromatic heterocycles. The van der Waals surface area contributed by atoms with E-state index in [9.17, 15) is 4.79 Å². The topological polar surface area (TPSA) is 53.5 Å². The molecule has 126 valence electrons. The Hall–Kier alpha value is -2.62. The van der Waals surface area contributed by atoms with E-state index in [1.165, 1.54) is 32.1 Å². The Balaban J connectivity index is 1.66. The number of hydrogen-bond acceptors (Lipinski definition) is 4. The minimum Gasteiger partial charge on any atom is -0.382 e. The van der Waals surface area contributed by atoms with Gasteiger partial charge in [0, 0.05) is 34.1 Å². The number of aliphatic imine (C=N–C) groups is 1. The molecule has 2 aromatic rings. The van der Waals surface area contributed by atoms with Crippen LogP contribution in [0.1, 0.15) is 59.2 Å². The first kappa shape index (κ1) is 14.7. The number of carbonyl (C=O) groups is 1. The van der Waals surface area contributed by atoms with Gasteiger partial charge in [-0.3, -0.25) is 9.79 Å². The Morgan fingerprint density at radius 1 is 0.960 bits per heavy atom. The number of benzene rings is 2. The highest BCUT2D eigenvalue weighted by Gasteiger charge is 2.34. The maximum Gasteiger partial charge on any atom is 0.196 e. The zero-order chi connectivity index (χ0) is 16.8. The van der Waals surface area contributed by atoms with Gasteiger partial charge < -0.3 is 10.6 Å². The second kappa shape index (κ2) is 5.73. The fraction of sp³-hybridized carbons (Fsp3) is 0.333. The summed E-state index contributed by atoms with van der Waals surface area (Å²) < 4.78 is 0. The van der Waals surface area contributed by atoms with Crippen molar-refractivity contribution in [1.29, 1.82) is 0 Å². The number of ketones is 1. The van der Waals surface area contributed by atoms with Crippen LogP contribution in [0, 0.1) is 0 Å². The lowest BCUT2D eigenvalue weighted by molar-refractivity contribution is 0.103. The van der Waals surface area contributed by atoms with Gasteiger partial charge in [0.05, 0.1) is 11.3 Å². The van der Waals surface area contributed by atoms with Crippen molar-refractivity contribution in [2.24, 2.45) is 4.99 Å². The Bertz CT molecular complexity index is 894. The molecule has 25 heavy (non-hydrogen) atoms. The standard InChI is InChI=1S/C21H21N3O/c25-21-15-9-5-4-8-14(15)20-18-16(22-12-23-20)10-11-17(19(18)21)24-13-6-2-1-3-7-13/h4-5,8-11,13,22,24H,1-3,6-7,12H2. The van der Waals surface area contributed by atoms with Crippen LogP contribution < -0.4 is 10.6 Å². The maximum absolute atomic E-state index is 13.3. The van der Waals surface area contributed by atoms with Gasteiger partial charge >= 0.3 is 0 Å². The van der Waals surface area contributed by atoms with Crippen molar-refractivity contribution in [3.63, 3.8) is 0 Å². The highest BCUT2D eigenvalue weighted by Crippen LogP contribution is 2.39. The van der Waals surface area contributed by atoms with Crippen LogP contribution in [-0.2, 0) is 0 Å². The third-order valence-electron chi connectivity index (χ3n) is 5.57. The summed E-state index contributed by atoms with van der Waals surface area (Å²) >= 11 is 0. The van der Waals surface area contributed by atoms with E-state index in [2.05, 4.69) is 22.8 Å². The van der Waals surface area contributed by atoms with Crippen LogP contribution in [0.5, 0.6) is 0 Å². The minimum absolute atomic E-state index is 0.105. The summed E-state index contributed by atoms with van der Waals surface area (Å²) in [6.45, 7) is 0.555. The molecule has 0 radical (unpaired) electrons. The first-order valence-electron chi connectivity index (χ1n) is 9.19.